The molecule has 1 saturated carbocycles. The maximum Gasteiger partial charge on any atom is 0.341 e. The van der Waals surface area contributed by atoms with E-state index in [4.69, 9.17) is 5.73 Å². The zero-order chi connectivity index (χ0) is 28.8. The van der Waals surface area contributed by atoms with Crippen LogP contribution in [-0.2, 0) is 7.05 Å². The van der Waals surface area contributed by atoms with Gasteiger partial charge < -0.3 is 30.6 Å². The molecule has 0 unspecified atom stereocenters. The number of carboxylic acids is 1. The van der Waals surface area contributed by atoms with Gasteiger partial charge in [0.1, 0.15) is 16.9 Å². The van der Waals surface area contributed by atoms with Crippen LogP contribution in [0, 0.1) is 17.6 Å². The number of hydrogen-bond acceptors (Lipinski definition) is 7. The van der Waals surface area contributed by atoms with E-state index in [1.54, 1.807) is 32.6 Å². The molecule has 5 N–H and O–H groups in total. The van der Waals surface area contributed by atoms with E-state index in [1.807, 2.05) is 0 Å². The van der Waals surface area contributed by atoms with Crippen molar-refractivity contribution in [3.8, 4) is 11.1 Å². The third kappa shape index (κ3) is 3.70. The molecule has 12 heteroatoms. The number of nitrogens with one attached hydrogen (secondary N) is 2. The monoisotopic (exact) mass is 559 g/mol. The van der Waals surface area contributed by atoms with Crippen LogP contribution in [-0.4, -0.2) is 56.3 Å². The summed E-state index contributed by atoms with van der Waals surface area (Å²) in [4.78, 5) is 39.2. The van der Waals surface area contributed by atoms with E-state index in [0.717, 1.165) is 25.3 Å². The number of carbonyl (C=O) groups is 1. The molecule has 1 aliphatic heterocycles. The number of H-pyrrole nitrogens is 1. The van der Waals surface area contributed by atoms with Crippen LogP contribution >= 0.6 is 0 Å². The highest BCUT2D eigenvalue weighted by Gasteiger charge is 2.48. The highest BCUT2D eigenvalue weighted by Crippen LogP contribution is 2.48. The minimum absolute atomic E-state index is 0.0730. The minimum Gasteiger partial charge on any atom is -0.477 e. The first-order valence-electron chi connectivity index (χ1n) is 13.4. The van der Waals surface area contributed by atoms with E-state index >= 15 is 4.39 Å². The largest absolute Gasteiger partial charge is 0.477 e. The number of fused-ring (bicyclic) bond motifs is 4. The molecule has 41 heavy (non-hydrogen) atoms. The molecule has 2 aliphatic rings. The number of aryl methyl sites for hydroxylation is 1. The van der Waals surface area contributed by atoms with Crippen LogP contribution in [0.15, 0.2) is 35.5 Å². The predicted molar refractivity (Wildman–Crippen MR) is 152 cm³/mol. The number of aromatic nitrogens is 4. The summed E-state index contributed by atoms with van der Waals surface area (Å²) in [6.45, 7) is 1.27. The number of nitrogens with two attached hydrogens (primary N) is 1. The second-order valence-electron chi connectivity index (χ2n) is 11.1. The molecule has 7 rings (SSSR count). The van der Waals surface area contributed by atoms with Gasteiger partial charge in [-0.15, -0.1) is 0 Å². The van der Waals surface area contributed by atoms with Gasteiger partial charge in [-0.2, -0.15) is 0 Å². The summed E-state index contributed by atoms with van der Waals surface area (Å²) in [5.41, 5.74) is 8.50. The number of halogens is 2. The normalized spacial score (nSPS) is 18.1. The Labute approximate surface area is 231 Å². The summed E-state index contributed by atoms with van der Waals surface area (Å²) in [6.07, 6.45) is 7.19. The van der Waals surface area contributed by atoms with Gasteiger partial charge in [0.25, 0.3) is 0 Å². The lowest BCUT2D eigenvalue weighted by Gasteiger charge is -2.25. The number of benzene rings is 1. The minimum atomic E-state index is -1.34. The molecule has 5 aromatic rings. The van der Waals surface area contributed by atoms with Crippen LogP contribution in [0.5, 0.6) is 0 Å². The fraction of sp³-hybridized carbons (Fsp3) is 0.310. The van der Waals surface area contributed by atoms with E-state index in [9.17, 15) is 19.1 Å². The van der Waals surface area contributed by atoms with Crippen molar-refractivity contribution in [3.05, 3.63) is 58.1 Å². The maximum atomic E-state index is 15.6. The fourth-order valence-electron chi connectivity index (χ4n) is 6.33. The summed E-state index contributed by atoms with van der Waals surface area (Å²) >= 11 is 0. The number of aromatic amines is 1. The maximum absolute atomic E-state index is 15.6. The van der Waals surface area contributed by atoms with Crippen LogP contribution in [0.2, 0.25) is 0 Å². The Morgan fingerprint density at radius 1 is 1.22 bits per heavy atom. The van der Waals surface area contributed by atoms with Gasteiger partial charge in [-0.05, 0) is 31.2 Å². The third-order valence-corrected chi connectivity index (χ3v) is 8.73. The summed E-state index contributed by atoms with van der Waals surface area (Å²) in [6, 6.07) is 2.70. The van der Waals surface area contributed by atoms with Crippen molar-refractivity contribution < 1.29 is 18.7 Å². The second kappa shape index (κ2) is 8.71. The summed E-state index contributed by atoms with van der Waals surface area (Å²) < 4.78 is 31.9. The zero-order valence-corrected chi connectivity index (χ0v) is 22.4. The Balaban J connectivity index is 1.54. The van der Waals surface area contributed by atoms with Gasteiger partial charge in [0.05, 0.1) is 33.1 Å². The number of anilines is 2. The van der Waals surface area contributed by atoms with E-state index < -0.39 is 23.0 Å². The number of aromatic carboxylic acids is 1. The van der Waals surface area contributed by atoms with Crippen molar-refractivity contribution in [1.29, 1.82) is 0 Å². The van der Waals surface area contributed by atoms with Gasteiger partial charge in [0.2, 0.25) is 5.43 Å². The number of hydrogen-bond donors (Lipinski definition) is 4. The molecule has 0 radical (unpaired) electrons. The standard InChI is InChI=1S/C29H27F2N7O3/c1-33-19-8-18(30)22(31)20-21-24(38-6-3-14(11-38)29(32)4-5-29)16(10-34-26(21)36-23(19)20)13-7-15-25(39)17(28(40)41)12-37(2)27(15)35-9-13/h7-10,12,14,33H,3-6,11,32H2,1-2H3,(H,34,36)(H,40,41)/t14-/m0/s1. The van der Waals surface area contributed by atoms with Crippen molar-refractivity contribution in [2.45, 2.75) is 24.8 Å². The molecule has 210 valence electrons. The number of nitrogens with zero attached hydrogens (tertiary/aromatic N) is 4. The summed E-state index contributed by atoms with van der Waals surface area (Å²) in [5, 5.41) is 13.1. The quantitative estimate of drug-likeness (QED) is 0.254. The van der Waals surface area contributed by atoms with Gasteiger partial charge in [0.15, 0.2) is 11.6 Å². The van der Waals surface area contributed by atoms with Crippen molar-refractivity contribution in [3.63, 3.8) is 0 Å². The highest BCUT2D eigenvalue weighted by atomic mass is 19.2. The molecular weight excluding hydrogens is 532 g/mol. The van der Waals surface area contributed by atoms with Gasteiger partial charge in [-0.3, -0.25) is 4.79 Å². The average molecular weight is 560 g/mol. The number of carboxylic acid groups (broad SMARTS) is 1. The van der Waals surface area contributed by atoms with Crippen molar-refractivity contribution in [2.75, 3.05) is 30.4 Å². The Morgan fingerprint density at radius 2 is 2.00 bits per heavy atom. The molecular formula is C29H27F2N7O3. The lowest BCUT2D eigenvalue weighted by Crippen LogP contribution is -2.34. The van der Waals surface area contributed by atoms with E-state index in [-0.39, 0.29) is 27.8 Å². The third-order valence-electron chi connectivity index (χ3n) is 8.73. The molecule has 0 bridgehead atoms. The van der Waals surface area contributed by atoms with Gasteiger partial charge >= 0.3 is 5.97 Å². The first-order chi connectivity index (χ1) is 19.6. The molecule has 0 amide bonds. The van der Waals surface area contributed by atoms with Crippen molar-refractivity contribution in [2.24, 2.45) is 18.7 Å². The van der Waals surface area contributed by atoms with E-state index in [0.29, 0.717) is 57.8 Å². The first kappa shape index (κ1) is 25.4. The Bertz CT molecular complexity index is 2000. The van der Waals surface area contributed by atoms with Crippen LogP contribution in [0.1, 0.15) is 29.6 Å². The lowest BCUT2D eigenvalue weighted by molar-refractivity contribution is 0.0695. The van der Waals surface area contributed by atoms with Gasteiger partial charge in [-0.25, -0.2) is 23.5 Å². The number of pyridine rings is 3. The molecule has 4 aromatic heterocycles. The summed E-state index contributed by atoms with van der Waals surface area (Å²) in [7, 11) is 3.25. The highest BCUT2D eigenvalue weighted by molar-refractivity contribution is 6.18. The average Bonchev–Trinajstić information content (AvgIpc) is 3.34. The molecule has 10 nitrogen and oxygen atoms in total. The lowest BCUT2D eigenvalue weighted by atomic mass is 9.97. The molecule has 1 saturated heterocycles. The Morgan fingerprint density at radius 3 is 2.71 bits per heavy atom. The van der Waals surface area contributed by atoms with Crippen LogP contribution < -0.4 is 21.4 Å². The van der Waals surface area contributed by atoms with Crippen molar-refractivity contribution in [1.82, 2.24) is 19.5 Å². The molecule has 2 fully saturated rings. The van der Waals surface area contributed by atoms with E-state index in [1.165, 1.54) is 10.8 Å². The molecule has 0 spiro atoms. The number of rotatable bonds is 5. The topological polar surface area (TPSA) is 142 Å². The first-order valence-corrected chi connectivity index (χ1v) is 13.4. The van der Waals surface area contributed by atoms with Gasteiger partial charge in [-0.1, -0.05) is 0 Å². The molecule has 5 heterocycles. The Hall–Kier alpha value is -4.58. The Kier molecular flexibility index (Phi) is 5.39. The van der Waals surface area contributed by atoms with Gasteiger partial charge in [0, 0.05) is 68.5 Å². The smallest absolute Gasteiger partial charge is 0.341 e. The predicted octanol–water partition coefficient (Wildman–Crippen LogP) is 3.97. The molecule has 1 aliphatic carbocycles. The van der Waals surface area contributed by atoms with Crippen LogP contribution in [0.4, 0.5) is 20.2 Å². The van der Waals surface area contributed by atoms with Crippen LogP contribution in [0.3, 0.4) is 0 Å². The molecule has 1 aromatic carbocycles. The van der Waals surface area contributed by atoms with Crippen LogP contribution in [0.25, 0.3) is 44.1 Å². The zero-order valence-electron chi connectivity index (χ0n) is 22.4. The van der Waals surface area contributed by atoms with Crippen molar-refractivity contribution >= 4 is 50.3 Å². The SMILES string of the molecule is CNc1cc(F)c(F)c2c1[nH]c1ncc(-c3cnc4c(c3)c(=O)c(C(=O)O)cn4C)c(N3CC[C@H](C4(N)CC4)C3)c12. The summed E-state index contributed by atoms with van der Waals surface area (Å²) in [5.74, 6) is -3.08. The molecule has 1 atom stereocenters. The second-order valence-corrected chi connectivity index (χ2v) is 11.1. The fourth-order valence-corrected chi connectivity index (χ4v) is 6.33. The van der Waals surface area contributed by atoms with E-state index in [2.05, 4.69) is 25.2 Å².